The van der Waals surface area contributed by atoms with Gasteiger partial charge < -0.3 is 19.3 Å². The fraction of sp³-hybridized carbons (Fsp3) is 0.296. The first-order valence-corrected chi connectivity index (χ1v) is 11.3. The summed E-state index contributed by atoms with van der Waals surface area (Å²) >= 11 is 0. The van der Waals surface area contributed by atoms with Crippen LogP contribution in [0, 0.1) is 0 Å². The Labute approximate surface area is 194 Å². The number of ether oxygens (including phenoxy) is 3. The van der Waals surface area contributed by atoms with Gasteiger partial charge in [0.2, 0.25) is 0 Å². The Kier molecular flexibility index (Phi) is 7.15. The molecule has 1 aliphatic heterocycles. The van der Waals surface area contributed by atoms with Crippen LogP contribution in [0.25, 0.3) is 0 Å². The second-order valence-electron chi connectivity index (χ2n) is 7.73. The van der Waals surface area contributed by atoms with Crippen molar-refractivity contribution < 1.29 is 19.3 Å². The van der Waals surface area contributed by atoms with E-state index in [2.05, 4.69) is 5.32 Å². The van der Waals surface area contributed by atoms with Crippen molar-refractivity contribution in [3.63, 3.8) is 0 Å². The number of aromatic hydroxyl groups is 1. The standard InChI is InChI=1S/C27H30N2O4/c1-4-32-19-15-13-18(14-16-19)22-17-23(20-10-8-12-25(26(20)30)33-5-2)29-27(28-22)21-9-6-7-11-24(21)31-3/h6-16,23,27,29-30H,4-5,17H2,1-3H3/t23-,27-/m1/s1. The van der Waals surface area contributed by atoms with Gasteiger partial charge in [0, 0.05) is 29.3 Å². The maximum Gasteiger partial charge on any atom is 0.162 e. The largest absolute Gasteiger partial charge is 0.504 e. The van der Waals surface area contributed by atoms with Gasteiger partial charge in [-0.3, -0.25) is 10.3 Å². The van der Waals surface area contributed by atoms with Crippen molar-refractivity contribution in [3.8, 4) is 23.0 Å². The second-order valence-corrected chi connectivity index (χ2v) is 7.73. The van der Waals surface area contributed by atoms with E-state index in [1.807, 2.05) is 74.5 Å². The lowest BCUT2D eigenvalue weighted by atomic mass is 9.93. The first-order valence-electron chi connectivity index (χ1n) is 11.3. The first-order chi connectivity index (χ1) is 16.1. The molecule has 2 N–H and O–H groups in total. The number of hydrogen-bond acceptors (Lipinski definition) is 6. The summed E-state index contributed by atoms with van der Waals surface area (Å²) in [5, 5.41) is 14.5. The van der Waals surface area contributed by atoms with Gasteiger partial charge in [0.1, 0.15) is 17.7 Å². The van der Waals surface area contributed by atoms with Crippen molar-refractivity contribution in [2.45, 2.75) is 32.5 Å². The average Bonchev–Trinajstić information content (AvgIpc) is 2.86. The number of phenolic OH excluding ortho intramolecular Hbond substituents is 1. The Bertz CT molecular complexity index is 1110. The van der Waals surface area contributed by atoms with E-state index in [9.17, 15) is 5.11 Å². The fourth-order valence-electron chi connectivity index (χ4n) is 4.14. The summed E-state index contributed by atoms with van der Waals surface area (Å²) in [6.07, 6.45) is 0.277. The molecule has 0 saturated carbocycles. The van der Waals surface area contributed by atoms with Crippen molar-refractivity contribution in [1.29, 1.82) is 0 Å². The number of benzene rings is 3. The number of phenols is 1. The van der Waals surface area contributed by atoms with Gasteiger partial charge in [0.15, 0.2) is 11.5 Å². The molecule has 0 aromatic heterocycles. The maximum absolute atomic E-state index is 10.9. The number of nitrogens with zero attached hydrogens (tertiary/aromatic N) is 1. The van der Waals surface area contributed by atoms with Crippen LogP contribution in [-0.2, 0) is 0 Å². The van der Waals surface area contributed by atoms with E-state index >= 15 is 0 Å². The van der Waals surface area contributed by atoms with Gasteiger partial charge in [0.05, 0.1) is 20.3 Å². The molecule has 6 nitrogen and oxygen atoms in total. The molecule has 0 bridgehead atoms. The van der Waals surface area contributed by atoms with Crippen molar-refractivity contribution >= 4 is 5.71 Å². The minimum Gasteiger partial charge on any atom is -0.504 e. The normalized spacial score (nSPS) is 17.8. The van der Waals surface area contributed by atoms with E-state index < -0.39 is 0 Å². The van der Waals surface area contributed by atoms with Crippen molar-refractivity contribution in [2.75, 3.05) is 20.3 Å². The fourth-order valence-corrected chi connectivity index (χ4v) is 4.14. The molecule has 1 heterocycles. The highest BCUT2D eigenvalue weighted by Gasteiger charge is 2.29. The van der Waals surface area contributed by atoms with Gasteiger partial charge >= 0.3 is 0 Å². The molecule has 0 radical (unpaired) electrons. The van der Waals surface area contributed by atoms with Crippen LogP contribution in [-0.4, -0.2) is 31.1 Å². The van der Waals surface area contributed by atoms with Gasteiger partial charge in [-0.2, -0.15) is 0 Å². The van der Waals surface area contributed by atoms with Gasteiger partial charge in [-0.05, 0) is 55.8 Å². The Morgan fingerprint density at radius 3 is 2.30 bits per heavy atom. The molecule has 0 spiro atoms. The molecule has 172 valence electrons. The highest BCUT2D eigenvalue weighted by molar-refractivity contribution is 6.01. The number of rotatable bonds is 8. The summed E-state index contributed by atoms with van der Waals surface area (Å²) in [6.45, 7) is 4.98. The number of nitrogens with one attached hydrogen (secondary N) is 1. The maximum atomic E-state index is 10.9. The van der Waals surface area contributed by atoms with E-state index in [4.69, 9.17) is 19.2 Å². The van der Waals surface area contributed by atoms with E-state index in [1.54, 1.807) is 13.2 Å². The third-order valence-corrected chi connectivity index (χ3v) is 5.68. The van der Waals surface area contributed by atoms with Crippen LogP contribution >= 0.6 is 0 Å². The highest BCUT2D eigenvalue weighted by atomic mass is 16.5. The SMILES string of the molecule is CCOc1ccc(C2=N[C@@H](c3ccccc3OC)N[C@@H](c3cccc(OCC)c3O)C2)cc1. The van der Waals surface area contributed by atoms with Crippen molar-refractivity contribution in [3.05, 3.63) is 83.4 Å². The van der Waals surface area contributed by atoms with Crippen molar-refractivity contribution in [1.82, 2.24) is 5.32 Å². The zero-order chi connectivity index (χ0) is 23.2. The molecular weight excluding hydrogens is 416 g/mol. The minimum atomic E-state index is -0.336. The van der Waals surface area contributed by atoms with Crippen LogP contribution in [0.5, 0.6) is 23.0 Å². The van der Waals surface area contributed by atoms with Crippen LogP contribution in [0.2, 0.25) is 0 Å². The molecule has 1 aliphatic rings. The zero-order valence-electron chi connectivity index (χ0n) is 19.2. The smallest absolute Gasteiger partial charge is 0.162 e. The summed E-state index contributed by atoms with van der Waals surface area (Å²) < 4.78 is 16.8. The Balaban J connectivity index is 1.75. The average molecular weight is 447 g/mol. The van der Waals surface area contributed by atoms with Crippen LogP contribution in [0.15, 0.2) is 71.7 Å². The zero-order valence-corrected chi connectivity index (χ0v) is 19.2. The van der Waals surface area contributed by atoms with Crippen LogP contribution in [0.3, 0.4) is 0 Å². The third kappa shape index (κ3) is 4.96. The van der Waals surface area contributed by atoms with E-state index in [1.165, 1.54) is 0 Å². The molecule has 3 aromatic carbocycles. The Morgan fingerprint density at radius 2 is 1.58 bits per heavy atom. The number of hydrogen-bond donors (Lipinski definition) is 2. The molecule has 0 amide bonds. The summed E-state index contributed by atoms with van der Waals surface area (Å²) in [7, 11) is 1.66. The molecule has 0 fully saturated rings. The molecule has 0 aliphatic carbocycles. The van der Waals surface area contributed by atoms with Crippen LogP contribution in [0.1, 0.15) is 49.2 Å². The molecule has 0 saturated heterocycles. The van der Waals surface area contributed by atoms with Crippen LogP contribution in [0.4, 0.5) is 0 Å². The predicted octanol–water partition coefficient (Wildman–Crippen LogP) is 5.42. The Hall–Kier alpha value is -3.51. The van der Waals surface area contributed by atoms with Crippen molar-refractivity contribution in [2.24, 2.45) is 4.99 Å². The minimum absolute atomic E-state index is 0.156. The van der Waals surface area contributed by atoms with E-state index in [-0.39, 0.29) is 18.0 Å². The molecule has 6 heteroatoms. The molecule has 2 atom stereocenters. The lowest BCUT2D eigenvalue weighted by molar-refractivity contribution is 0.313. The first kappa shape index (κ1) is 22.7. The molecule has 33 heavy (non-hydrogen) atoms. The van der Waals surface area contributed by atoms with Gasteiger partial charge in [-0.1, -0.05) is 30.3 Å². The molecule has 4 rings (SSSR count). The number of para-hydroxylation sites is 2. The number of aliphatic imine (C=N–C) groups is 1. The Morgan fingerprint density at radius 1 is 0.879 bits per heavy atom. The summed E-state index contributed by atoms with van der Waals surface area (Å²) in [6, 6.07) is 21.3. The summed E-state index contributed by atoms with van der Waals surface area (Å²) in [5.74, 6) is 2.23. The van der Waals surface area contributed by atoms with Gasteiger partial charge in [0.25, 0.3) is 0 Å². The summed E-state index contributed by atoms with van der Waals surface area (Å²) in [4.78, 5) is 5.04. The third-order valence-electron chi connectivity index (χ3n) is 5.68. The summed E-state index contributed by atoms with van der Waals surface area (Å²) in [5.41, 5.74) is 3.68. The van der Waals surface area contributed by atoms with Gasteiger partial charge in [-0.25, -0.2) is 0 Å². The van der Waals surface area contributed by atoms with E-state index in [0.717, 1.165) is 33.9 Å². The van der Waals surface area contributed by atoms with Crippen LogP contribution < -0.4 is 19.5 Å². The van der Waals surface area contributed by atoms with Gasteiger partial charge in [-0.15, -0.1) is 0 Å². The molecule has 0 unspecified atom stereocenters. The predicted molar refractivity (Wildman–Crippen MR) is 130 cm³/mol. The number of methoxy groups -OCH3 is 1. The molecule has 3 aromatic rings. The monoisotopic (exact) mass is 446 g/mol. The highest BCUT2D eigenvalue weighted by Crippen LogP contribution is 2.40. The lowest BCUT2D eigenvalue weighted by Crippen LogP contribution is -2.33. The molecular formula is C27H30N2O4. The lowest BCUT2D eigenvalue weighted by Gasteiger charge is -2.31. The van der Waals surface area contributed by atoms with E-state index in [0.29, 0.717) is 25.4 Å². The second kappa shape index (κ2) is 10.4. The quantitative estimate of drug-likeness (QED) is 0.483. The topological polar surface area (TPSA) is 72.3 Å².